The van der Waals surface area contributed by atoms with Crippen molar-refractivity contribution in [2.75, 3.05) is 13.1 Å². The summed E-state index contributed by atoms with van der Waals surface area (Å²) in [6, 6.07) is 0.517. The molecule has 122 valence electrons. The van der Waals surface area contributed by atoms with E-state index in [9.17, 15) is 4.79 Å². The van der Waals surface area contributed by atoms with Gasteiger partial charge in [-0.15, -0.1) is 5.10 Å². The van der Waals surface area contributed by atoms with Gasteiger partial charge in [0, 0.05) is 37.1 Å². The second kappa shape index (κ2) is 6.12. The largest absolute Gasteiger partial charge is 0.444 e. The van der Waals surface area contributed by atoms with Gasteiger partial charge in [0.2, 0.25) is 0 Å². The molecule has 0 radical (unpaired) electrons. The molecular formula is C15H24N4O2S. The van der Waals surface area contributed by atoms with Crippen molar-refractivity contribution in [1.29, 1.82) is 0 Å². The fourth-order valence-corrected chi connectivity index (χ4v) is 3.86. The van der Waals surface area contributed by atoms with Crippen LogP contribution >= 0.6 is 11.5 Å². The summed E-state index contributed by atoms with van der Waals surface area (Å²) >= 11 is 1.39. The topological polar surface area (TPSA) is 58.6 Å². The van der Waals surface area contributed by atoms with Crippen molar-refractivity contribution in [3.63, 3.8) is 0 Å². The number of rotatable bonds is 2. The zero-order valence-electron chi connectivity index (χ0n) is 13.5. The molecule has 2 bridgehead atoms. The molecule has 0 aromatic carbocycles. The molecule has 1 aromatic heterocycles. The number of carbonyl (C=O) groups excluding carboxylic acids is 1. The maximum atomic E-state index is 12.5. The molecule has 22 heavy (non-hydrogen) atoms. The van der Waals surface area contributed by atoms with E-state index in [0.29, 0.717) is 0 Å². The monoisotopic (exact) mass is 324 g/mol. The van der Waals surface area contributed by atoms with E-state index >= 15 is 0 Å². The normalized spacial score (nSPS) is 26.0. The Morgan fingerprint density at radius 2 is 2.05 bits per heavy atom. The van der Waals surface area contributed by atoms with E-state index < -0.39 is 5.60 Å². The van der Waals surface area contributed by atoms with Crippen molar-refractivity contribution in [2.45, 2.75) is 64.3 Å². The van der Waals surface area contributed by atoms with Crippen molar-refractivity contribution in [1.82, 2.24) is 19.4 Å². The molecule has 2 atom stereocenters. The summed E-state index contributed by atoms with van der Waals surface area (Å²) in [5.41, 5.74) is 0.586. The van der Waals surface area contributed by atoms with Gasteiger partial charge >= 0.3 is 6.09 Å². The van der Waals surface area contributed by atoms with Gasteiger partial charge in [-0.1, -0.05) is 4.49 Å². The molecule has 6 nitrogen and oxygen atoms in total. The van der Waals surface area contributed by atoms with Gasteiger partial charge in [-0.3, -0.25) is 9.80 Å². The Balaban J connectivity index is 1.67. The van der Waals surface area contributed by atoms with Gasteiger partial charge in [0.25, 0.3) is 0 Å². The maximum Gasteiger partial charge on any atom is 0.410 e. The van der Waals surface area contributed by atoms with Crippen molar-refractivity contribution in [3.05, 3.63) is 11.1 Å². The summed E-state index contributed by atoms with van der Waals surface area (Å²) in [4.78, 5) is 16.9. The molecule has 2 fully saturated rings. The zero-order valence-corrected chi connectivity index (χ0v) is 14.3. The lowest BCUT2D eigenvalue weighted by Gasteiger charge is -2.49. The highest BCUT2D eigenvalue weighted by Crippen LogP contribution is 2.30. The smallest absolute Gasteiger partial charge is 0.410 e. The highest BCUT2D eigenvalue weighted by Gasteiger charge is 2.41. The molecule has 3 heterocycles. The summed E-state index contributed by atoms with van der Waals surface area (Å²) in [6.07, 6.45) is 3.15. The molecule has 7 heteroatoms. The van der Waals surface area contributed by atoms with Gasteiger partial charge in [0.05, 0.1) is 5.69 Å². The molecule has 0 N–H and O–H groups in total. The van der Waals surface area contributed by atoms with Gasteiger partial charge in [-0.25, -0.2) is 4.79 Å². The molecule has 1 aromatic rings. The average Bonchev–Trinajstić information content (AvgIpc) is 2.88. The van der Waals surface area contributed by atoms with Crippen molar-refractivity contribution < 1.29 is 9.53 Å². The highest BCUT2D eigenvalue weighted by atomic mass is 32.1. The van der Waals surface area contributed by atoms with Gasteiger partial charge in [-0.2, -0.15) is 0 Å². The minimum absolute atomic E-state index is 0.155. The Labute approximate surface area is 135 Å². The van der Waals surface area contributed by atoms with E-state index in [1.807, 2.05) is 31.1 Å². The van der Waals surface area contributed by atoms with Gasteiger partial charge < -0.3 is 4.74 Å². The second-order valence-corrected chi connectivity index (χ2v) is 7.83. The zero-order chi connectivity index (χ0) is 15.7. The standard InChI is InChI=1S/C15H24N4O2S/c1-15(2,3)21-14(20)19-12-5-4-6-13(19)9-18(8-12)7-11-10-22-17-16-11/h10,12-13H,4-9H2,1-3H3/t12-,13-/m0/s1. The first kappa shape index (κ1) is 15.7. The maximum absolute atomic E-state index is 12.5. The molecular weight excluding hydrogens is 300 g/mol. The molecule has 0 saturated carbocycles. The lowest BCUT2D eigenvalue weighted by atomic mass is 9.91. The summed E-state index contributed by atoms with van der Waals surface area (Å²) in [6.45, 7) is 8.39. The number of nitrogens with zero attached hydrogens (tertiary/aromatic N) is 4. The van der Waals surface area contributed by atoms with Gasteiger partial charge in [0.15, 0.2) is 0 Å². The van der Waals surface area contributed by atoms with Crippen LogP contribution in [0, 0.1) is 0 Å². The summed E-state index contributed by atoms with van der Waals surface area (Å²) in [5, 5.41) is 6.12. The number of piperidine rings is 1. The quantitative estimate of drug-likeness (QED) is 0.836. The van der Waals surface area contributed by atoms with Crippen LogP contribution in [0.5, 0.6) is 0 Å². The van der Waals surface area contributed by atoms with Crippen molar-refractivity contribution in [3.8, 4) is 0 Å². The molecule has 1 amide bonds. The Morgan fingerprint density at radius 3 is 2.59 bits per heavy atom. The fourth-order valence-electron chi connectivity index (χ4n) is 3.42. The number of aromatic nitrogens is 2. The number of fused-ring (bicyclic) bond motifs is 2. The molecule has 2 aliphatic heterocycles. The Hall–Kier alpha value is -1.21. The third-order valence-corrected chi connectivity index (χ3v) is 4.75. The Bertz CT molecular complexity index is 500. The lowest BCUT2D eigenvalue weighted by Crippen LogP contribution is -2.62. The molecule has 2 aliphatic rings. The minimum atomic E-state index is -0.436. The highest BCUT2D eigenvalue weighted by molar-refractivity contribution is 7.03. The van der Waals surface area contributed by atoms with E-state index in [4.69, 9.17) is 4.74 Å². The van der Waals surface area contributed by atoms with E-state index in [2.05, 4.69) is 14.5 Å². The molecule has 2 saturated heterocycles. The van der Waals surface area contributed by atoms with Crippen LogP contribution in [-0.4, -0.2) is 56.3 Å². The van der Waals surface area contributed by atoms with Crippen LogP contribution in [0.2, 0.25) is 0 Å². The van der Waals surface area contributed by atoms with E-state index in [1.165, 1.54) is 18.0 Å². The van der Waals surface area contributed by atoms with Crippen LogP contribution in [0.1, 0.15) is 45.7 Å². The lowest BCUT2D eigenvalue weighted by molar-refractivity contribution is -0.0392. The molecule has 0 unspecified atom stereocenters. The van der Waals surface area contributed by atoms with Crippen LogP contribution in [-0.2, 0) is 11.3 Å². The van der Waals surface area contributed by atoms with Gasteiger partial charge in [0.1, 0.15) is 5.60 Å². The Morgan fingerprint density at radius 1 is 1.36 bits per heavy atom. The number of hydrogen-bond donors (Lipinski definition) is 0. The van der Waals surface area contributed by atoms with E-state index in [1.54, 1.807) is 0 Å². The number of ether oxygens (including phenoxy) is 1. The average molecular weight is 324 g/mol. The molecule has 0 aliphatic carbocycles. The summed E-state index contributed by atoms with van der Waals surface area (Å²) in [5.74, 6) is 0. The van der Waals surface area contributed by atoms with Crippen molar-refractivity contribution >= 4 is 17.6 Å². The van der Waals surface area contributed by atoms with E-state index in [0.717, 1.165) is 38.2 Å². The minimum Gasteiger partial charge on any atom is -0.444 e. The van der Waals surface area contributed by atoms with Crippen LogP contribution in [0.4, 0.5) is 4.79 Å². The van der Waals surface area contributed by atoms with E-state index in [-0.39, 0.29) is 18.2 Å². The van der Waals surface area contributed by atoms with Crippen LogP contribution in [0.15, 0.2) is 5.38 Å². The molecule has 0 spiro atoms. The number of carbonyl (C=O) groups is 1. The third-order valence-electron chi connectivity index (χ3n) is 4.19. The predicted molar refractivity (Wildman–Crippen MR) is 84.7 cm³/mol. The summed E-state index contributed by atoms with van der Waals surface area (Å²) in [7, 11) is 0. The first-order chi connectivity index (χ1) is 10.4. The Kier molecular flexibility index (Phi) is 4.36. The number of hydrogen-bond acceptors (Lipinski definition) is 6. The first-order valence-electron chi connectivity index (χ1n) is 7.92. The first-order valence-corrected chi connectivity index (χ1v) is 8.75. The SMILES string of the molecule is CC(C)(C)OC(=O)N1[C@H]2CCC[C@H]1CN(Cc1csnn1)C2. The van der Waals surface area contributed by atoms with Crippen LogP contribution in [0.3, 0.4) is 0 Å². The third kappa shape index (κ3) is 3.57. The fraction of sp³-hybridized carbons (Fsp3) is 0.800. The number of piperazine rings is 1. The number of likely N-dealkylation sites (tertiary alicyclic amines) is 1. The summed E-state index contributed by atoms with van der Waals surface area (Å²) < 4.78 is 9.53. The van der Waals surface area contributed by atoms with Crippen LogP contribution < -0.4 is 0 Å². The van der Waals surface area contributed by atoms with Crippen molar-refractivity contribution in [2.24, 2.45) is 0 Å². The second-order valence-electron chi connectivity index (χ2n) is 7.22. The molecule has 3 rings (SSSR count). The van der Waals surface area contributed by atoms with Gasteiger partial charge in [-0.05, 0) is 51.6 Å². The predicted octanol–water partition coefficient (Wildman–Crippen LogP) is 2.51. The number of amides is 1. The van der Waals surface area contributed by atoms with Crippen LogP contribution in [0.25, 0.3) is 0 Å².